The lowest BCUT2D eigenvalue weighted by Gasteiger charge is -2.11. The van der Waals surface area contributed by atoms with Crippen molar-refractivity contribution in [2.75, 3.05) is 7.11 Å². The molecule has 0 bridgehead atoms. The number of methoxy groups -OCH3 is 1. The maximum atomic E-state index is 12.3. The van der Waals surface area contributed by atoms with Gasteiger partial charge in [0, 0.05) is 25.1 Å². The van der Waals surface area contributed by atoms with Gasteiger partial charge in [-0.1, -0.05) is 12.1 Å². The molecule has 1 amide bonds. The van der Waals surface area contributed by atoms with Crippen molar-refractivity contribution >= 4 is 5.91 Å². The van der Waals surface area contributed by atoms with Crippen LogP contribution in [-0.2, 0) is 6.54 Å². The van der Waals surface area contributed by atoms with E-state index in [1.165, 1.54) is 0 Å². The molecule has 0 aliphatic rings. The van der Waals surface area contributed by atoms with Gasteiger partial charge in [0.25, 0.3) is 5.91 Å². The number of benzene rings is 1. The molecule has 0 saturated heterocycles. The van der Waals surface area contributed by atoms with Crippen LogP contribution in [0.3, 0.4) is 0 Å². The SMILES string of the molecule is COc1ccc(CNC(=O)c2cccn2-n2cccc2)cc1. The summed E-state index contributed by atoms with van der Waals surface area (Å²) in [6.45, 7) is 0.472. The van der Waals surface area contributed by atoms with Gasteiger partial charge in [0.1, 0.15) is 11.4 Å². The van der Waals surface area contributed by atoms with Crippen molar-refractivity contribution in [2.45, 2.75) is 6.54 Å². The topological polar surface area (TPSA) is 48.2 Å². The van der Waals surface area contributed by atoms with Crippen LogP contribution < -0.4 is 10.1 Å². The molecule has 5 nitrogen and oxygen atoms in total. The quantitative estimate of drug-likeness (QED) is 0.786. The van der Waals surface area contributed by atoms with Crippen molar-refractivity contribution in [3.63, 3.8) is 0 Å². The highest BCUT2D eigenvalue weighted by Gasteiger charge is 2.11. The van der Waals surface area contributed by atoms with E-state index >= 15 is 0 Å². The van der Waals surface area contributed by atoms with Crippen LogP contribution in [-0.4, -0.2) is 22.4 Å². The van der Waals surface area contributed by atoms with Crippen LogP contribution in [0.2, 0.25) is 0 Å². The van der Waals surface area contributed by atoms with Crippen LogP contribution >= 0.6 is 0 Å². The van der Waals surface area contributed by atoms with Gasteiger partial charge in [-0.3, -0.25) is 14.1 Å². The van der Waals surface area contributed by atoms with E-state index in [1.54, 1.807) is 17.9 Å². The lowest BCUT2D eigenvalue weighted by molar-refractivity contribution is 0.0940. The molecule has 0 fully saturated rings. The van der Waals surface area contributed by atoms with E-state index in [1.807, 2.05) is 65.7 Å². The average molecular weight is 295 g/mol. The minimum absolute atomic E-state index is 0.116. The van der Waals surface area contributed by atoms with Crippen molar-refractivity contribution in [3.05, 3.63) is 78.4 Å². The number of hydrogen-bond acceptors (Lipinski definition) is 2. The van der Waals surface area contributed by atoms with Crippen molar-refractivity contribution < 1.29 is 9.53 Å². The fourth-order valence-corrected chi connectivity index (χ4v) is 2.24. The summed E-state index contributed by atoms with van der Waals surface area (Å²) in [5, 5.41) is 2.93. The predicted octanol–water partition coefficient (Wildman–Crippen LogP) is 2.54. The molecular weight excluding hydrogens is 278 g/mol. The molecule has 1 aromatic carbocycles. The van der Waals surface area contributed by atoms with E-state index in [2.05, 4.69) is 5.32 Å². The Morgan fingerprint density at radius 3 is 2.45 bits per heavy atom. The molecule has 5 heteroatoms. The normalized spacial score (nSPS) is 10.4. The van der Waals surface area contributed by atoms with Gasteiger partial charge >= 0.3 is 0 Å². The van der Waals surface area contributed by atoms with Gasteiger partial charge in [-0.25, -0.2) is 0 Å². The number of hydrogen-bond donors (Lipinski definition) is 1. The Kier molecular flexibility index (Phi) is 3.96. The van der Waals surface area contributed by atoms with E-state index in [9.17, 15) is 4.79 Å². The summed E-state index contributed by atoms with van der Waals surface area (Å²) in [5.41, 5.74) is 1.61. The molecule has 0 spiro atoms. The van der Waals surface area contributed by atoms with Gasteiger partial charge in [-0.05, 0) is 42.0 Å². The molecule has 0 aliphatic heterocycles. The van der Waals surface area contributed by atoms with E-state index < -0.39 is 0 Å². The molecule has 22 heavy (non-hydrogen) atoms. The van der Waals surface area contributed by atoms with Gasteiger partial charge < -0.3 is 10.1 Å². The van der Waals surface area contributed by atoms with Crippen LogP contribution in [0.15, 0.2) is 67.1 Å². The highest BCUT2D eigenvalue weighted by atomic mass is 16.5. The van der Waals surface area contributed by atoms with Gasteiger partial charge in [-0.15, -0.1) is 0 Å². The summed E-state index contributed by atoms with van der Waals surface area (Å²) in [5.74, 6) is 0.686. The van der Waals surface area contributed by atoms with Crippen molar-refractivity contribution in [3.8, 4) is 5.75 Å². The molecule has 3 rings (SSSR count). The lowest BCUT2D eigenvalue weighted by atomic mass is 10.2. The minimum atomic E-state index is -0.116. The largest absolute Gasteiger partial charge is 0.497 e. The Labute approximate surface area is 128 Å². The number of ether oxygens (including phenoxy) is 1. The molecule has 112 valence electrons. The minimum Gasteiger partial charge on any atom is -0.497 e. The Hall–Kier alpha value is -2.95. The number of nitrogens with zero attached hydrogens (tertiary/aromatic N) is 2. The number of carbonyl (C=O) groups excluding carboxylic acids is 1. The second-order valence-electron chi connectivity index (χ2n) is 4.83. The van der Waals surface area contributed by atoms with Crippen molar-refractivity contribution in [2.24, 2.45) is 0 Å². The van der Waals surface area contributed by atoms with Crippen molar-refractivity contribution in [1.29, 1.82) is 0 Å². The van der Waals surface area contributed by atoms with Gasteiger partial charge in [-0.2, -0.15) is 0 Å². The second-order valence-corrected chi connectivity index (χ2v) is 4.83. The standard InChI is InChI=1S/C17H17N3O2/c1-22-15-8-6-14(7-9-15)13-18-17(21)16-5-4-12-20(16)19-10-2-3-11-19/h2-12H,13H2,1H3,(H,18,21). The molecule has 0 unspecified atom stereocenters. The molecule has 0 atom stereocenters. The Bertz CT molecular complexity index is 743. The van der Waals surface area contributed by atoms with Crippen LogP contribution in [0.4, 0.5) is 0 Å². The summed E-state index contributed by atoms with van der Waals surface area (Å²) in [4.78, 5) is 12.3. The van der Waals surface area contributed by atoms with E-state index in [0.29, 0.717) is 12.2 Å². The van der Waals surface area contributed by atoms with E-state index in [-0.39, 0.29) is 5.91 Å². The van der Waals surface area contributed by atoms with Gasteiger partial charge in [0.2, 0.25) is 0 Å². The fourth-order valence-electron chi connectivity index (χ4n) is 2.24. The molecule has 0 aliphatic carbocycles. The molecule has 0 radical (unpaired) electrons. The zero-order valence-electron chi connectivity index (χ0n) is 12.3. The Balaban J connectivity index is 1.69. The molecule has 3 aromatic rings. The predicted molar refractivity (Wildman–Crippen MR) is 83.8 cm³/mol. The maximum absolute atomic E-state index is 12.3. The lowest BCUT2D eigenvalue weighted by Crippen LogP contribution is -2.26. The van der Waals surface area contributed by atoms with E-state index in [0.717, 1.165) is 11.3 Å². The molecule has 1 N–H and O–H groups in total. The second kappa shape index (κ2) is 6.22. The highest BCUT2D eigenvalue weighted by molar-refractivity contribution is 5.92. The summed E-state index contributed by atoms with van der Waals surface area (Å²) < 4.78 is 8.76. The van der Waals surface area contributed by atoms with Crippen LogP contribution in [0, 0.1) is 0 Å². The molecule has 2 aromatic heterocycles. The third-order valence-corrected chi connectivity index (χ3v) is 3.41. The van der Waals surface area contributed by atoms with Crippen molar-refractivity contribution in [1.82, 2.24) is 14.7 Å². The number of nitrogens with one attached hydrogen (secondary N) is 1. The Morgan fingerprint density at radius 1 is 1.05 bits per heavy atom. The summed E-state index contributed by atoms with van der Waals surface area (Å²) in [6, 6.07) is 15.1. The first-order valence-electron chi connectivity index (χ1n) is 7.00. The zero-order chi connectivity index (χ0) is 15.4. The molecule has 0 saturated carbocycles. The monoisotopic (exact) mass is 295 g/mol. The number of amides is 1. The summed E-state index contributed by atoms with van der Waals surface area (Å²) in [6.07, 6.45) is 5.63. The fraction of sp³-hybridized carbons (Fsp3) is 0.118. The zero-order valence-corrected chi connectivity index (χ0v) is 12.3. The first kappa shape index (κ1) is 14.0. The first-order valence-corrected chi connectivity index (χ1v) is 7.00. The summed E-state index contributed by atoms with van der Waals surface area (Å²) in [7, 11) is 1.63. The van der Waals surface area contributed by atoms with Crippen LogP contribution in [0.5, 0.6) is 5.75 Å². The third kappa shape index (κ3) is 2.88. The Morgan fingerprint density at radius 2 is 1.77 bits per heavy atom. The third-order valence-electron chi connectivity index (χ3n) is 3.41. The van der Waals surface area contributed by atoms with E-state index in [4.69, 9.17) is 4.74 Å². The van der Waals surface area contributed by atoms with Gasteiger partial charge in [0.05, 0.1) is 7.11 Å². The smallest absolute Gasteiger partial charge is 0.270 e. The highest BCUT2D eigenvalue weighted by Crippen LogP contribution is 2.11. The summed E-state index contributed by atoms with van der Waals surface area (Å²) >= 11 is 0. The first-order chi connectivity index (χ1) is 10.8. The van der Waals surface area contributed by atoms with Crippen LogP contribution in [0.1, 0.15) is 16.1 Å². The number of aromatic nitrogens is 2. The maximum Gasteiger partial charge on any atom is 0.270 e. The molecule has 2 heterocycles. The molecular formula is C17H17N3O2. The van der Waals surface area contributed by atoms with Crippen LogP contribution in [0.25, 0.3) is 0 Å². The average Bonchev–Trinajstić information content (AvgIpc) is 3.23. The number of carbonyl (C=O) groups is 1. The van der Waals surface area contributed by atoms with Gasteiger partial charge in [0.15, 0.2) is 0 Å². The number of rotatable bonds is 5.